The summed E-state index contributed by atoms with van der Waals surface area (Å²) in [6.07, 6.45) is 3.24. The molecule has 0 radical (unpaired) electrons. The molecule has 1 saturated heterocycles. The maximum Gasteiger partial charge on any atom is 0.417 e. The molecule has 1 aliphatic heterocycles. The Balaban J connectivity index is 1.53. The molecule has 2 heterocycles. The van der Waals surface area contributed by atoms with Gasteiger partial charge in [0.15, 0.2) is 0 Å². The van der Waals surface area contributed by atoms with Gasteiger partial charge in [-0.2, -0.15) is 13.2 Å². The van der Waals surface area contributed by atoms with E-state index in [4.69, 9.17) is 4.74 Å². The van der Waals surface area contributed by atoms with Crippen LogP contribution in [0.3, 0.4) is 0 Å². The lowest BCUT2D eigenvalue weighted by molar-refractivity contribution is -0.139. The number of benzene rings is 1. The van der Waals surface area contributed by atoms with Crippen molar-refractivity contribution in [2.45, 2.75) is 108 Å². The highest BCUT2D eigenvalue weighted by Crippen LogP contribution is 2.53. The van der Waals surface area contributed by atoms with Gasteiger partial charge in [-0.15, -0.1) is 0 Å². The second-order valence-corrected chi connectivity index (χ2v) is 15.1. The molecule has 3 aliphatic rings. The van der Waals surface area contributed by atoms with E-state index in [1.807, 2.05) is 11.5 Å². The Morgan fingerprint density at radius 2 is 1.74 bits per heavy atom. The van der Waals surface area contributed by atoms with E-state index in [0.29, 0.717) is 42.6 Å². The Bertz CT molecular complexity index is 1430. The third-order valence-electron chi connectivity index (χ3n) is 9.07. The molecule has 3 fully saturated rings. The van der Waals surface area contributed by atoms with E-state index >= 15 is 0 Å². The highest BCUT2D eigenvalue weighted by Gasteiger charge is 2.55. The summed E-state index contributed by atoms with van der Waals surface area (Å²) in [7, 11) is -4.45. The zero-order chi connectivity index (χ0) is 30.5. The van der Waals surface area contributed by atoms with Crippen molar-refractivity contribution in [2.75, 3.05) is 13.2 Å². The van der Waals surface area contributed by atoms with E-state index in [2.05, 4.69) is 10.0 Å². The molecule has 1 atom stereocenters. The first-order chi connectivity index (χ1) is 19.6. The molecular weight excluding hydrogens is 567 g/mol. The molecule has 7 nitrogen and oxygen atoms in total. The molecule has 1 spiro atoms. The minimum atomic E-state index is -4.90. The molecule has 232 valence electrons. The van der Waals surface area contributed by atoms with Gasteiger partial charge in [-0.1, -0.05) is 25.3 Å². The third-order valence-corrected chi connectivity index (χ3v) is 10.9. The number of nitrogens with one attached hydrogen (secondary N) is 2. The first-order valence-electron chi connectivity index (χ1n) is 14.9. The van der Waals surface area contributed by atoms with Crippen molar-refractivity contribution in [3.05, 3.63) is 41.1 Å². The van der Waals surface area contributed by atoms with Crippen LogP contribution in [0.1, 0.15) is 93.8 Å². The highest BCUT2D eigenvalue weighted by molar-refractivity contribution is 7.89. The maximum absolute atomic E-state index is 14.3. The van der Waals surface area contributed by atoms with Gasteiger partial charge in [-0.05, 0) is 94.9 Å². The molecule has 1 unspecified atom stereocenters. The summed E-state index contributed by atoms with van der Waals surface area (Å²) in [6.45, 7) is 8.53. The number of halogens is 3. The number of sulfonamides is 1. The molecule has 11 heteroatoms. The number of carbonyl (C=O) groups excluding carboxylic acids is 1. The molecule has 1 amide bonds. The fourth-order valence-electron chi connectivity index (χ4n) is 6.70. The van der Waals surface area contributed by atoms with E-state index in [9.17, 15) is 26.4 Å². The molecule has 2 aromatic rings. The number of hydrogen-bond donors (Lipinski definition) is 2. The summed E-state index contributed by atoms with van der Waals surface area (Å²) in [5, 5.41) is 3.18. The first-order valence-corrected chi connectivity index (χ1v) is 16.4. The van der Waals surface area contributed by atoms with Crippen LogP contribution in [0, 0.1) is 18.3 Å². The van der Waals surface area contributed by atoms with E-state index in [0.717, 1.165) is 57.1 Å². The van der Waals surface area contributed by atoms with Crippen LogP contribution in [0.2, 0.25) is 0 Å². The van der Waals surface area contributed by atoms with Gasteiger partial charge < -0.3 is 14.6 Å². The van der Waals surface area contributed by atoms with Crippen molar-refractivity contribution in [3.63, 3.8) is 0 Å². The van der Waals surface area contributed by atoms with Gasteiger partial charge in [0.1, 0.15) is 0 Å². The number of aromatic nitrogens is 1. The van der Waals surface area contributed by atoms with Crippen LogP contribution < -0.4 is 10.0 Å². The second kappa shape index (κ2) is 11.3. The summed E-state index contributed by atoms with van der Waals surface area (Å²) < 4.78 is 78.8. The standard InChI is InChI=1S/C31H42F3N3O4S/c1-20-23(28(38)35-27-18-30(27)12-14-41-15-13-30)17-25(37(20)19-21-8-6-5-7-9-21)22-10-11-26(24(16-22)31(32,33)34)42(39,40)36-29(2,3)4/h10-11,16-17,21,27,36H,5-9,12-15,18-19H2,1-4H3,(H,35,38). The molecule has 0 bridgehead atoms. The Labute approximate surface area is 246 Å². The predicted octanol–water partition coefficient (Wildman–Crippen LogP) is 6.44. The number of ether oxygens (including phenoxy) is 1. The van der Waals surface area contributed by atoms with Crippen molar-refractivity contribution < 1.29 is 31.1 Å². The lowest BCUT2D eigenvalue weighted by Crippen LogP contribution is -2.41. The summed E-state index contributed by atoms with van der Waals surface area (Å²) in [4.78, 5) is 12.7. The van der Waals surface area contributed by atoms with Gasteiger partial charge in [0, 0.05) is 42.7 Å². The molecule has 2 aliphatic carbocycles. The Hall–Kier alpha value is -2.37. The molecule has 1 aromatic heterocycles. The maximum atomic E-state index is 14.3. The topological polar surface area (TPSA) is 89.4 Å². The number of nitrogens with zero attached hydrogens (tertiary/aromatic N) is 1. The summed E-state index contributed by atoms with van der Waals surface area (Å²) >= 11 is 0. The highest BCUT2D eigenvalue weighted by atomic mass is 32.2. The summed E-state index contributed by atoms with van der Waals surface area (Å²) in [5.74, 6) is 0.125. The average Bonchev–Trinajstić information content (AvgIpc) is 3.43. The van der Waals surface area contributed by atoms with Crippen LogP contribution in [0.25, 0.3) is 11.3 Å². The van der Waals surface area contributed by atoms with Gasteiger partial charge in [-0.25, -0.2) is 13.1 Å². The van der Waals surface area contributed by atoms with Crippen LogP contribution in [0.15, 0.2) is 29.2 Å². The summed E-state index contributed by atoms with van der Waals surface area (Å²) in [5.41, 5.74) is -0.256. The van der Waals surface area contributed by atoms with Crippen LogP contribution in [0.4, 0.5) is 13.2 Å². The molecular formula is C31H42F3N3O4S. The predicted molar refractivity (Wildman–Crippen MR) is 155 cm³/mol. The van der Waals surface area contributed by atoms with E-state index < -0.39 is 32.2 Å². The molecule has 2 N–H and O–H groups in total. The summed E-state index contributed by atoms with van der Waals surface area (Å²) in [6, 6.07) is 5.08. The quantitative estimate of drug-likeness (QED) is 0.378. The van der Waals surface area contributed by atoms with Gasteiger partial charge in [-0.3, -0.25) is 4.79 Å². The number of hydrogen-bond acceptors (Lipinski definition) is 4. The minimum absolute atomic E-state index is 0.0649. The van der Waals surface area contributed by atoms with E-state index in [-0.39, 0.29) is 22.9 Å². The number of amides is 1. The second-order valence-electron chi connectivity index (χ2n) is 13.4. The largest absolute Gasteiger partial charge is 0.417 e. The number of carbonyl (C=O) groups is 1. The van der Waals surface area contributed by atoms with Crippen molar-refractivity contribution in [2.24, 2.45) is 11.3 Å². The number of rotatable bonds is 7. The molecule has 1 aromatic carbocycles. The zero-order valence-corrected chi connectivity index (χ0v) is 25.7. The van der Waals surface area contributed by atoms with Crippen LogP contribution in [-0.2, 0) is 27.5 Å². The van der Waals surface area contributed by atoms with Gasteiger partial charge in [0.25, 0.3) is 5.91 Å². The average molecular weight is 610 g/mol. The Kier molecular flexibility index (Phi) is 8.35. The Morgan fingerprint density at radius 1 is 1.07 bits per heavy atom. The number of alkyl halides is 3. The normalized spacial score (nSPS) is 21.5. The lowest BCUT2D eigenvalue weighted by Gasteiger charge is -2.25. The third kappa shape index (κ3) is 6.58. The smallest absolute Gasteiger partial charge is 0.381 e. The fourth-order valence-corrected chi connectivity index (χ4v) is 8.33. The monoisotopic (exact) mass is 609 g/mol. The van der Waals surface area contributed by atoms with Crippen molar-refractivity contribution in [1.29, 1.82) is 0 Å². The molecule has 42 heavy (non-hydrogen) atoms. The van der Waals surface area contributed by atoms with E-state index in [1.165, 1.54) is 12.5 Å². The van der Waals surface area contributed by atoms with Crippen LogP contribution in [0.5, 0.6) is 0 Å². The SMILES string of the molecule is Cc1c(C(=O)NC2CC23CCOCC3)cc(-c2ccc(S(=O)(=O)NC(C)(C)C)c(C(F)(F)F)c2)n1CC1CCCCC1. The van der Waals surface area contributed by atoms with Crippen molar-refractivity contribution >= 4 is 15.9 Å². The van der Waals surface area contributed by atoms with Gasteiger partial charge in [0.05, 0.1) is 16.0 Å². The lowest BCUT2D eigenvalue weighted by atomic mass is 9.89. The first kappa shape index (κ1) is 31.1. The van der Waals surface area contributed by atoms with Crippen molar-refractivity contribution in [3.8, 4) is 11.3 Å². The Morgan fingerprint density at radius 3 is 2.36 bits per heavy atom. The minimum Gasteiger partial charge on any atom is -0.381 e. The van der Waals surface area contributed by atoms with Crippen LogP contribution >= 0.6 is 0 Å². The van der Waals surface area contributed by atoms with Crippen molar-refractivity contribution in [1.82, 2.24) is 14.6 Å². The molecule has 5 rings (SSSR count). The van der Waals surface area contributed by atoms with Crippen LogP contribution in [-0.4, -0.2) is 43.7 Å². The van der Waals surface area contributed by atoms with Gasteiger partial charge in [0.2, 0.25) is 10.0 Å². The van der Waals surface area contributed by atoms with Gasteiger partial charge >= 0.3 is 6.18 Å². The fraction of sp³-hybridized carbons (Fsp3) is 0.645. The zero-order valence-electron chi connectivity index (χ0n) is 24.9. The molecule has 2 saturated carbocycles. The van der Waals surface area contributed by atoms with E-state index in [1.54, 1.807) is 26.8 Å².